The van der Waals surface area contributed by atoms with Crippen LogP contribution in [-0.2, 0) is 16.0 Å². The van der Waals surface area contributed by atoms with E-state index in [1.165, 1.54) is 7.11 Å². The second-order valence-electron chi connectivity index (χ2n) is 3.24. The molecule has 0 bridgehead atoms. The summed E-state index contributed by atoms with van der Waals surface area (Å²) in [6.07, 6.45) is -0.00412. The number of carbonyl (C=O) groups is 1. The van der Waals surface area contributed by atoms with Crippen molar-refractivity contribution in [1.82, 2.24) is 0 Å². The predicted octanol–water partition coefficient (Wildman–Crippen LogP) is 2.16. The average molecular weight is 196 g/mol. The van der Waals surface area contributed by atoms with Crippen molar-refractivity contribution in [3.63, 3.8) is 0 Å². The summed E-state index contributed by atoms with van der Waals surface area (Å²) in [6, 6.07) is 3.50. The number of methoxy groups -OCH3 is 1. The highest BCUT2D eigenvalue weighted by atomic mass is 19.1. The topological polar surface area (TPSA) is 26.3 Å². The molecule has 0 spiro atoms. The Morgan fingerprint density at radius 1 is 1.36 bits per heavy atom. The third kappa shape index (κ3) is 2.10. The molecular weight excluding hydrogens is 183 g/mol. The van der Waals surface area contributed by atoms with E-state index in [9.17, 15) is 9.18 Å². The maximum absolute atomic E-state index is 13.6. The number of carbonyl (C=O) groups excluding carboxylic acids is 1. The van der Waals surface area contributed by atoms with Crippen LogP contribution in [0.4, 0.5) is 4.39 Å². The molecule has 0 aliphatic heterocycles. The molecule has 0 fully saturated rings. The molecule has 0 aliphatic rings. The van der Waals surface area contributed by atoms with Crippen molar-refractivity contribution in [2.75, 3.05) is 7.11 Å². The summed E-state index contributed by atoms with van der Waals surface area (Å²) in [5.74, 6) is -0.729. The van der Waals surface area contributed by atoms with Crippen LogP contribution in [0.5, 0.6) is 0 Å². The molecule has 0 N–H and O–H groups in total. The first-order valence-corrected chi connectivity index (χ1v) is 4.37. The molecule has 0 saturated heterocycles. The molecule has 3 heteroatoms. The van der Waals surface area contributed by atoms with Crippen molar-refractivity contribution in [3.8, 4) is 0 Å². The minimum atomic E-state index is -0.419. The van der Waals surface area contributed by atoms with Crippen LogP contribution in [0.25, 0.3) is 0 Å². The molecule has 0 saturated carbocycles. The van der Waals surface area contributed by atoms with Gasteiger partial charge in [-0.3, -0.25) is 4.79 Å². The van der Waals surface area contributed by atoms with Crippen molar-refractivity contribution >= 4 is 5.97 Å². The lowest BCUT2D eigenvalue weighted by Crippen LogP contribution is -2.08. The van der Waals surface area contributed by atoms with E-state index in [4.69, 9.17) is 0 Å². The van der Waals surface area contributed by atoms with Gasteiger partial charge in [-0.2, -0.15) is 0 Å². The molecule has 0 atom stereocenters. The van der Waals surface area contributed by atoms with Crippen molar-refractivity contribution in [3.05, 3.63) is 34.6 Å². The number of esters is 1. The molecule has 0 radical (unpaired) electrons. The van der Waals surface area contributed by atoms with Gasteiger partial charge in [-0.05, 0) is 25.0 Å². The molecule has 0 aliphatic carbocycles. The first-order chi connectivity index (χ1) is 6.56. The fourth-order valence-electron chi connectivity index (χ4n) is 1.27. The monoisotopic (exact) mass is 196 g/mol. The Labute approximate surface area is 82.7 Å². The number of benzene rings is 1. The maximum Gasteiger partial charge on any atom is 0.310 e. The fraction of sp³-hybridized carbons (Fsp3) is 0.364. The van der Waals surface area contributed by atoms with Gasteiger partial charge >= 0.3 is 5.97 Å². The fourth-order valence-corrected chi connectivity index (χ4v) is 1.27. The molecule has 14 heavy (non-hydrogen) atoms. The molecule has 1 aromatic rings. The van der Waals surface area contributed by atoms with Gasteiger partial charge in [-0.1, -0.05) is 12.1 Å². The molecule has 1 aromatic carbocycles. The SMILES string of the molecule is COC(=O)Cc1c(C)ccc(C)c1F. The van der Waals surface area contributed by atoms with Crippen LogP contribution in [0.15, 0.2) is 12.1 Å². The molecule has 0 aromatic heterocycles. The Bertz CT molecular complexity index is 359. The van der Waals surface area contributed by atoms with Gasteiger partial charge in [0.05, 0.1) is 13.5 Å². The highest BCUT2D eigenvalue weighted by Crippen LogP contribution is 2.17. The van der Waals surface area contributed by atoms with Crippen LogP contribution in [-0.4, -0.2) is 13.1 Å². The van der Waals surface area contributed by atoms with Crippen LogP contribution < -0.4 is 0 Å². The van der Waals surface area contributed by atoms with Crippen molar-refractivity contribution in [2.45, 2.75) is 20.3 Å². The lowest BCUT2D eigenvalue weighted by Gasteiger charge is -2.07. The van der Waals surface area contributed by atoms with Gasteiger partial charge in [-0.15, -0.1) is 0 Å². The van der Waals surface area contributed by atoms with Crippen LogP contribution in [0.3, 0.4) is 0 Å². The Morgan fingerprint density at radius 2 is 1.93 bits per heavy atom. The normalized spacial score (nSPS) is 10.0. The summed E-state index contributed by atoms with van der Waals surface area (Å²) in [5.41, 5.74) is 1.75. The van der Waals surface area contributed by atoms with Crippen molar-refractivity contribution in [1.29, 1.82) is 0 Å². The van der Waals surface area contributed by atoms with Gasteiger partial charge in [0.15, 0.2) is 0 Å². The molecule has 2 nitrogen and oxygen atoms in total. The Kier molecular flexibility index (Phi) is 3.23. The third-order valence-electron chi connectivity index (χ3n) is 2.22. The minimum Gasteiger partial charge on any atom is -0.469 e. The smallest absolute Gasteiger partial charge is 0.310 e. The lowest BCUT2D eigenvalue weighted by molar-refractivity contribution is -0.139. The molecule has 0 amide bonds. The Hall–Kier alpha value is -1.38. The van der Waals surface area contributed by atoms with E-state index in [0.29, 0.717) is 11.1 Å². The number of rotatable bonds is 2. The molecule has 0 unspecified atom stereocenters. The van der Waals surface area contributed by atoms with Crippen molar-refractivity contribution in [2.24, 2.45) is 0 Å². The number of ether oxygens (including phenoxy) is 1. The number of halogens is 1. The molecular formula is C11H13FO2. The maximum atomic E-state index is 13.6. The highest BCUT2D eigenvalue weighted by molar-refractivity contribution is 5.73. The van der Waals surface area contributed by atoms with Crippen LogP contribution in [0.1, 0.15) is 16.7 Å². The summed E-state index contributed by atoms with van der Waals surface area (Å²) in [5, 5.41) is 0. The first kappa shape index (κ1) is 10.7. The summed E-state index contributed by atoms with van der Waals surface area (Å²) in [7, 11) is 1.30. The van der Waals surface area contributed by atoms with Crippen molar-refractivity contribution < 1.29 is 13.9 Å². The van der Waals surface area contributed by atoms with Gasteiger partial charge < -0.3 is 4.74 Å². The van der Waals surface area contributed by atoms with Gasteiger partial charge in [0, 0.05) is 5.56 Å². The predicted molar refractivity (Wildman–Crippen MR) is 51.6 cm³/mol. The second kappa shape index (κ2) is 4.22. The van der Waals surface area contributed by atoms with E-state index in [1.54, 1.807) is 26.0 Å². The standard InChI is InChI=1S/C11H13FO2/c1-7-4-5-8(2)11(12)9(7)6-10(13)14-3/h4-5H,6H2,1-3H3. The molecule has 1 rings (SSSR count). The summed E-state index contributed by atoms with van der Waals surface area (Å²) < 4.78 is 18.0. The third-order valence-corrected chi connectivity index (χ3v) is 2.22. The van der Waals surface area contributed by atoms with E-state index < -0.39 is 5.97 Å². The highest BCUT2D eigenvalue weighted by Gasteiger charge is 2.12. The summed E-state index contributed by atoms with van der Waals surface area (Å²) >= 11 is 0. The number of hydrogen-bond donors (Lipinski definition) is 0. The number of hydrogen-bond acceptors (Lipinski definition) is 2. The second-order valence-corrected chi connectivity index (χ2v) is 3.24. The van der Waals surface area contributed by atoms with Gasteiger partial charge in [0.1, 0.15) is 5.82 Å². The summed E-state index contributed by atoms with van der Waals surface area (Å²) in [4.78, 5) is 11.0. The zero-order chi connectivity index (χ0) is 10.7. The largest absolute Gasteiger partial charge is 0.469 e. The van der Waals surface area contributed by atoms with Gasteiger partial charge in [-0.25, -0.2) is 4.39 Å². The quantitative estimate of drug-likeness (QED) is 0.677. The Morgan fingerprint density at radius 3 is 2.50 bits per heavy atom. The van der Waals surface area contributed by atoms with E-state index in [-0.39, 0.29) is 12.2 Å². The summed E-state index contributed by atoms with van der Waals surface area (Å²) in [6.45, 7) is 3.45. The van der Waals surface area contributed by atoms with E-state index in [0.717, 1.165) is 5.56 Å². The van der Waals surface area contributed by atoms with Gasteiger partial charge in [0.25, 0.3) is 0 Å². The van der Waals surface area contributed by atoms with E-state index >= 15 is 0 Å². The molecule has 0 heterocycles. The van der Waals surface area contributed by atoms with E-state index in [2.05, 4.69) is 4.74 Å². The average Bonchev–Trinajstić information content (AvgIpc) is 2.18. The Balaban J connectivity index is 3.06. The first-order valence-electron chi connectivity index (χ1n) is 4.37. The number of aryl methyl sites for hydroxylation is 2. The van der Waals surface area contributed by atoms with E-state index in [1.807, 2.05) is 0 Å². The van der Waals surface area contributed by atoms with Gasteiger partial charge in [0.2, 0.25) is 0 Å². The molecule has 76 valence electrons. The van der Waals surface area contributed by atoms with Crippen LogP contribution in [0.2, 0.25) is 0 Å². The van der Waals surface area contributed by atoms with Crippen LogP contribution in [0, 0.1) is 19.7 Å². The van der Waals surface area contributed by atoms with Crippen LogP contribution >= 0.6 is 0 Å². The zero-order valence-electron chi connectivity index (χ0n) is 8.56. The zero-order valence-corrected chi connectivity index (χ0v) is 8.56. The lowest BCUT2D eigenvalue weighted by atomic mass is 10.0. The minimum absolute atomic E-state index is 0.00412.